The third-order valence-corrected chi connectivity index (χ3v) is 7.65. The minimum Gasteiger partial charge on any atom is -0.376 e. The molecule has 3 heterocycles. The van der Waals surface area contributed by atoms with Crippen LogP contribution in [0.5, 0.6) is 0 Å². The molecule has 196 valence electrons. The van der Waals surface area contributed by atoms with E-state index in [-0.39, 0.29) is 30.1 Å². The van der Waals surface area contributed by atoms with Crippen LogP contribution in [0.15, 0.2) is 48.5 Å². The van der Waals surface area contributed by atoms with Crippen LogP contribution in [0.3, 0.4) is 0 Å². The fourth-order valence-corrected chi connectivity index (χ4v) is 5.55. The van der Waals surface area contributed by atoms with E-state index >= 15 is 0 Å². The highest BCUT2D eigenvalue weighted by Crippen LogP contribution is 2.39. The van der Waals surface area contributed by atoms with Crippen molar-refractivity contribution in [2.24, 2.45) is 0 Å². The Morgan fingerprint density at radius 1 is 1.08 bits per heavy atom. The third-order valence-electron chi connectivity index (χ3n) is 7.32. The Balaban J connectivity index is 1.36. The molecule has 3 aliphatic heterocycles. The van der Waals surface area contributed by atoms with Gasteiger partial charge in [0.15, 0.2) is 0 Å². The van der Waals surface area contributed by atoms with Crippen LogP contribution in [0, 0.1) is 5.82 Å². The van der Waals surface area contributed by atoms with Crippen LogP contribution in [0.4, 0.5) is 4.39 Å². The third kappa shape index (κ3) is 5.21. The van der Waals surface area contributed by atoms with E-state index < -0.39 is 23.5 Å². The van der Waals surface area contributed by atoms with E-state index in [1.165, 1.54) is 23.1 Å². The Hall–Kier alpha value is -3.01. The van der Waals surface area contributed by atoms with Crippen LogP contribution >= 0.6 is 11.6 Å². The van der Waals surface area contributed by atoms with Crippen molar-refractivity contribution in [3.8, 4) is 0 Å². The average Bonchev–Trinajstić information content (AvgIpc) is 3.56. The molecule has 0 bridgehead atoms. The summed E-state index contributed by atoms with van der Waals surface area (Å²) in [5.74, 6) is -1.57. The second-order valence-electron chi connectivity index (χ2n) is 9.61. The Morgan fingerprint density at radius 3 is 2.57 bits per heavy atom. The maximum absolute atomic E-state index is 14.0. The molecule has 0 unspecified atom stereocenters. The molecular weight excluding hydrogens is 501 g/mol. The molecular formula is C27H29ClFN3O5. The van der Waals surface area contributed by atoms with Crippen molar-refractivity contribution in [3.63, 3.8) is 0 Å². The monoisotopic (exact) mass is 529 g/mol. The number of ether oxygens (including phenoxy) is 2. The van der Waals surface area contributed by atoms with E-state index in [0.717, 1.165) is 18.9 Å². The predicted octanol–water partition coefficient (Wildman–Crippen LogP) is 3.25. The van der Waals surface area contributed by atoms with Crippen LogP contribution in [0.1, 0.15) is 46.4 Å². The Kier molecular flexibility index (Phi) is 7.46. The zero-order valence-electron chi connectivity index (χ0n) is 20.3. The summed E-state index contributed by atoms with van der Waals surface area (Å²) in [7, 11) is 0. The highest BCUT2D eigenvalue weighted by molar-refractivity contribution is 6.33. The van der Waals surface area contributed by atoms with E-state index in [9.17, 15) is 18.8 Å². The molecule has 0 saturated carbocycles. The van der Waals surface area contributed by atoms with Crippen molar-refractivity contribution < 1.29 is 28.2 Å². The lowest BCUT2D eigenvalue weighted by Crippen LogP contribution is -2.60. The maximum Gasteiger partial charge on any atom is 0.256 e. The fourth-order valence-electron chi connectivity index (χ4n) is 5.33. The Morgan fingerprint density at radius 2 is 1.86 bits per heavy atom. The molecule has 2 aromatic carbocycles. The van der Waals surface area contributed by atoms with E-state index in [2.05, 4.69) is 5.32 Å². The number of likely N-dealkylation sites (tertiary alicyclic amines) is 1. The van der Waals surface area contributed by atoms with Gasteiger partial charge in [0.1, 0.15) is 17.6 Å². The number of piperidine rings is 1. The quantitative estimate of drug-likeness (QED) is 0.642. The summed E-state index contributed by atoms with van der Waals surface area (Å²) in [6.45, 7) is 1.65. The molecule has 3 saturated heterocycles. The molecule has 37 heavy (non-hydrogen) atoms. The van der Waals surface area contributed by atoms with Crippen LogP contribution in [0.2, 0.25) is 5.02 Å². The van der Waals surface area contributed by atoms with Gasteiger partial charge >= 0.3 is 0 Å². The van der Waals surface area contributed by atoms with Crippen LogP contribution in [-0.4, -0.2) is 78.2 Å². The van der Waals surface area contributed by atoms with Crippen molar-refractivity contribution >= 4 is 29.3 Å². The number of rotatable bonds is 5. The van der Waals surface area contributed by atoms with Crippen molar-refractivity contribution in [3.05, 3.63) is 70.5 Å². The van der Waals surface area contributed by atoms with Crippen LogP contribution < -0.4 is 5.32 Å². The van der Waals surface area contributed by atoms with Crippen molar-refractivity contribution in [1.82, 2.24) is 15.1 Å². The van der Waals surface area contributed by atoms with Gasteiger partial charge < -0.3 is 19.7 Å². The second kappa shape index (κ2) is 10.8. The first-order valence-electron chi connectivity index (χ1n) is 12.5. The lowest BCUT2D eigenvalue weighted by atomic mass is 9.96. The number of benzene rings is 2. The maximum atomic E-state index is 14.0. The van der Waals surface area contributed by atoms with E-state index in [4.69, 9.17) is 21.1 Å². The molecule has 2 aromatic rings. The molecule has 0 radical (unpaired) electrons. The predicted molar refractivity (Wildman–Crippen MR) is 134 cm³/mol. The van der Waals surface area contributed by atoms with Gasteiger partial charge in [0.25, 0.3) is 11.8 Å². The molecule has 3 fully saturated rings. The number of carbonyl (C=O) groups is 3. The summed E-state index contributed by atoms with van der Waals surface area (Å²) < 4.78 is 25.8. The molecule has 2 atom stereocenters. The molecule has 0 aliphatic carbocycles. The molecule has 10 heteroatoms. The largest absolute Gasteiger partial charge is 0.376 e. The summed E-state index contributed by atoms with van der Waals surface area (Å²) >= 11 is 6.23. The first-order chi connectivity index (χ1) is 17.9. The molecule has 5 rings (SSSR count). The zero-order chi connectivity index (χ0) is 26.0. The number of hydrogen-bond acceptors (Lipinski definition) is 5. The van der Waals surface area contributed by atoms with E-state index in [1.54, 1.807) is 29.2 Å². The van der Waals surface area contributed by atoms with Gasteiger partial charge in [-0.25, -0.2) is 4.39 Å². The summed E-state index contributed by atoms with van der Waals surface area (Å²) in [5, 5.41) is 3.27. The average molecular weight is 530 g/mol. The van der Waals surface area contributed by atoms with Crippen LogP contribution in [0.25, 0.3) is 0 Å². The second-order valence-corrected chi connectivity index (χ2v) is 10.0. The van der Waals surface area contributed by atoms with Gasteiger partial charge in [-0.1, -0.05) is 29.8 Å². The Labute approximate surface area is 219 Å². The summed E-state index contributed by atoms with van der Waals surface area (Å²) in [6.07, 6.45) is 2.38. The summed E-state index contributed by atoms with van der Waals surface area (Å²) in [5.41, 5.74) is -0.546. The first-order valence-corrected chi connectivity index (χ1v) is 12.9. The SMILES string of the molecule is O=C(NC[C@@H]1CCCO1)[C@@H]1COC2(CCN(C(=O)c3ccccc3Cl)CC2)N1C(=O)c1cccc(F)c1. The lowest BCUT2D eigenvalue weighted by Gasteiger charge is -2.44. The smallest absolute Gasteiger partial charge is 0.256 e. The topological polar surface area (TPSA) is 88.2 Å². The van der Waals surface area contributed by atoms with Gasteiger partial charge in [0, 0.05) is 44.6 Å². The number of carbonyl (C=O) groups excluding carboxylic acids is 3. The van der Waals surface area contributed by atoms with Crippen molar-refractivity contribution in [2.75, 3.05) is 32.8 Å². The number of hydrogen-bond donors (Lipinski definition) is 1. The van der Waals surface area contributed by atoms with Gasteiger partial charge in [-0.3, -0.25) is 19.3 Å². The van der Waals surface area contributed by atoms with Crippen molar-refractivity contribution in [2.45, 2.75) is 43.6 Å². The number of amides is 3. The normalized spacial score (nSPS) is 22.9. The van der Waals surface area contributed by atoms with Gasteiger partial charge in [0.2, 0.25) is 5.91 Å². The highest BCUT2D eigenvalue weighted by atomic mass is 35.5. The van der Waals surface area contributed by atoms with Gasteiger partial charge in [-0.2, -0.15) is 0 Å². The highest BCUT2D eigenvalue weighted by Gasteiger charge is 2.54. The van der Waals surface area contributed by atoms with Gasteiger partial charge in [-0.15, -0.1) is 0 Å². The summed E-state index contributed by atoms with van der Waals surface area (Å²) in [6, 6.07) is 11.4. The number of nitrogens with one attached hydrogen (secondary N) is 1. The Bertz CT molecular complexity index is 1180. The summed E-state index contributed by atoms with van der Waals surface area (Å²) in [4.78, 5) is 43.2. The molecule has 8 nitrogen and oxygen atoms in total. The molecule has 0 aromatic heterocycles. The van der Waals surface area contributed by atoms with Gasteiger partial charge in [0.05, 0.1) is 23.3 Å². The number of nitrogens with zero attached hydrogens (tertiary/aromatic N) is 2. The molecule has 3 aliphatic rings. The first kappa shape index (κ1) is 25.6. The van der Waals surface area contributed by atoms with Gasteiger partial charge in [-0.05, 0) is 43.2 Å². The fraction of sp³-hybridized carbons (Fsp3) is 0.444. The molecule has 3 amide bonds. The van der Waals surface area contributed by atoms with Crippen molar-refractivity contribution in [1.29, 1.82) is 0 Å². The van der Waals surface area contributed by atoms with Crippen LogP contribution in [-0.2, 0) is 14.3 Å². The molecule has 1 N–H and O–H groups in total. The standard InChI is InChI=1S/C27H29ClFN3O5/c28-22-9-2-1-8-21(22)26(35)31-12-10-27(11-13-31)32(25(34)18-5-3-6-19(29)15-18)23(17-37-27)24(33)30-16-20-7-4-14-36-20/h1-3,5-6,8-9,15,20,23H,4,7,10-14,16-17H2,(H,30,33)/t20-,23-/m0/s1. The van der Waals surface area contributed by atoms with E-state index in [0.29, 0.717) is 49.7 Å². The molecule has 1 spiro atoms. The van der Waals surface area contributed by atoms with E-state index in [1.807, 2.05) is 0 Å². The zero-order valence-corrected chi connectivity index (χ0v) is 21.1. The lowest BCUT2D eigenvalue weighted by molar-refractivity contribution is -0.128. The minimum absolute atomic E-state index is 0.0108. The minimum atomic E-state index is -1.09. The number of halogens is 2.